The number of para-hydroxylation sites is 1. The van der Waals surface area contributed by atoms with Crippen LogP contribution in [0.4, 0.5) is 11.6 Å². The average Bonchev–Trinajstić information content (AvgIpc) is 3.54. The van der Waals surface area contributed by atoms with E-state index in [1.54, 1.807) is 0 Å². The van der Waals surface area contributed by atoms with Crippen molar-refractivity contribution in [2.75, 3.05) is 4.90 Å². The number of rotatable bonds is 4. The highest BCUT2D eigenvalue weighted by Gasteiger charge is 2.55. The number of carbonyl (C=O) groups excluding carboxylic acids is 1. The van der Waals surface area contributed by atoms with Crippen LogP contribution in [0.1, 0.15) is 16.7 Å². The van der Waals surface area contributed by atoms with Crippen molar-refractivity contribution >= 4 is 62.3 Å². The van der Waals surface area contributed by atoms with Crippen LogP contribution in [-0.4, -0.2) is 12.6 Å². The van der Waals surface area contributed by atoms with Crippen LogP contribution >= 0.6 is 0 Å². The van der Waals surface area contributed by atoms with E-state index in [9.17, 15) is 0 Å². The molecule has 0 saturated carbocycles. The molecule has 0 aliphatic carbocycles. The van der Waals surface area contributed by atoms with E-state index >= 15 is 4.79 Å². The molecule has 2 aliphatic rings. The number of hydrogen-bond acceptors (Lipinski definition) is 2. The molecular formula is C44H28BNO2. The fourth-order valence-corrected chi connectivity index (χ4v) is 8.45. The van der Waals surface area contributed by atoms with E-state index in [-0.39, 0.29) is 12.6 Å². The van der Waals surface area contributed by atoms with Crippen LogP contribution in [-0.2, 0) is 10.2 Å². The molecule has 2 aliphatic heterocycles. The molecule has 0 N–H and O–H groups in total. The van der Waals surface area contributed by atoms with Gasteiger partial charge in [-0.1, -0.05) is 169 Å². The van der Waals surface area contributed by atoms with Gasteiger partial charge in [0.25, 0.3) is 12.6 Å². The fraction of sp³-hybridized carbons (Fsp3) is 0.0227. The Labute approximate surface area is 278 Å². The Balaban J connectivity index is 1.39. The second-order valence-electron chi connectivity index (χ2n) is 12.7. The maximum atomic E-state index is 15.9. The minimum absolute atomic E-state index is 0.0394. The van der Waals surface area contributed by atoms with Gasteiger partial charge in [0.1, 0.15) is 11.0 Å². The third-order valence-electron chi connectivity index (χ3n) is 10.4. The highest BCUT2D eigenvalue weighted by Crippen LogP contribution is 2.53. The summed E-state index contributed by atoms with van der Waals surface area (Å²) in [6.07, 6.45) is 0. The molecule has 0 bridgehead atoms. The fourth-order valence-electron chi connectivity index (χ4n) is 8.45. The molecule has 0 spiro atoms. The summed E-state index contributed by atoms with van der Waals surface area (Å²) in [5, 5.41) is 3.19. The van der Waals surface area contributed by atoms with E-state index in [0.717, 1.165) is 60.6 Å². The van der Waals surface area contributed by atoms with Crippen molar-refractivity contribution in [1.29, 1.82) is 0 Å². The van der Waals surface area contributed by atoms with E-state index in [4.69, 9.17) is 4.42 Å². The van der Waals surface area contributed by atoms with Crippen LogP contribution in [0.25, 0.3) is 32.9 Å². The molecule has 0 fully saturated rings. The second-order valence-corrected chi connectivity index (χ2v) is 12.7. The summed E-state index contributed by atoms with van der Waals surface area (Å²) in [4.78, 5) is 17.8. The lowest BCUT2D eigenvalue weighted by molar-refractivity contribution is -0.121. The van der Waals surface area contributed by atoms with E-state index in [1.807, 2.05) is 53.4 Å². The molecule has 1 amide bonds. The van der Waals surface area contributed by atoms with Crippen LogP contribution in [0.3, 0.4) is 0 Å². The van der Waals surface area contributed by atoms with Crippen LogP contribution in [0.5, 0.6) is 0 Å². The van der Waals surface area contributed by atoms with Gasteiger partial charge >= 0.3 is 0 Å². The number of furan rings is 1. The second kappa shape index (κ2) is 10.2. The summed E-state index contributed by atoms with van der Waals surface area (Å²) in [7, 11) is 0. The van der Waals surface area contributed by atoms with Gasteiger partial charge in [-0.2, -0.15) is 0 Å². The zero-order valence-corrected chi connectivity index (χ0v) is 26.0. The molecule has 1 aromatic heterocycles. The quantitative estimate of drug-likeness (QED) is 0.188. The molecule has 8 aromatic rings. The van der Waals surface area contributed by atoms with Crippen molar-refractivity contribution in [2.45, 2.75) is 5.41 Å². The number of nitrogens with zero attached hydrogens (tertiary/aromatic N) is 1. The molecule has 0 atom stereocenters. The van der Waals surface area contributed by atoms with Crippen LogP contribution in [0.2, 0.25) is 0 Å². The Morgan fingerprint density at radius 3 is 1.96 bits per heavy atom. The summed E-state index contributed by atoms with van der Waals surface area (Å²) in [6, 6.07) is 58.8. The normalized spacial score (nSPS) is 14.4. The third kappa shape index (κ3) is 3.52. The largest absolute Gasteiger partial charge is 0.440 e. The number of amides is 1. The molecule has 7 aromatic carbocycles. The SMILES string of the molecule is O=C1N2c3oc4ccccc4c3B(c3ccccc3-c3ccccc3)c3ccc4cccc(c4c32)C1(c1ccccc1)c1ccccc1. The molecular weight excluding hydrogens is 585 g/mol. The van der Waals surface area contributed by atoms with E-state index < -0.39 is 5.41 Å². The van der Waals surface area contributed by atoms with Crippen LogP contribution < -0.4 is 21.3 Å². The average molecular weight is 614 g/mol. The standard InChI is InChI=1S/C44H28BNO2/c47-43-44(31-18-6-2-7-19-31,32-20-8-3-9-21-32)35-24-14-17-30-27-28-37-41(39(30)35)46(43)42-40(34-23-11-13-26-38(34)48-42)45(37)36-25-12-10-22-33(36)29-15-4-1-5-16-29/h1-28H. The maximum Gasteiger partial charge on any atom is 0.253 e. The van der Waals surface area contributed by atoms with E-state index in [0.29, 0.717) is 5.88 Å². The van der Waals surface area contributed by atoms with Crippen molar-refractivity contribution in [3.63, 3.8) is 0 Å². The van der Waals surface area contributed by atoms with Gasteiger partial charge in [-0.3, -0.25) is 4.79 Å². The molecule has 0 radical (unpaired) electrons. The summed E-state index contributed by atoms with van der Waals surface area (Å²) < 4.78 is 6.87. The van der Waals surface area contributed by atoms with E-state index in [1.165, 1.54) is 11.0 Å². The number of anilines is 2. The van der Waals surface area contributed by atoms with Gasteiger partial charge < -0.3 is 4.42 Å². The predicted octanol–water partition coefficient (Wildman–Crippen LogP) is 8.10. The Morgan fingerprint density at radius 1 is 0.562 bits per heavy atom. The van der Waals surface area contributed by atoms with Gasteiger partial charge in [0.05, 0.1) is 5.69 Å². The van der Waals surface area contributed by atoms with Crippen molar-refractivity contribution in [3.8, 4) is 11.1 Å². The minimum Gasteiger partial charge on any atom is -0.440 e. The molecule has 224 valence electrons. The molecule has 3 heterocycles. The maximum absolute atomic E-state index is 15.9. The zero-order chi connectivity index (χ0) is 31.8. The first-order valence-corrected chi connectivity index (χ1v) is 16.4. The summed E-state index contributed by atoms with van der Waals surface area (Å²) in [5.41, 5.74) is 9.05. The van der Waals surface area contributed by atoms with Crippen molar-refractivity contribution < 1.29 is 9.21 Å². The van der Waals surface area contributed by atoms with Crippen LogP contribution in [0, 0.1) is 0 Å². The smallest absolute Gasteiger partial charge is 0.253 e. The van der Waals surface area contributed by atoms with Gasteiger partial charge in [-0.25, -0.2) is 4.90 Å². The molecule has 48 heavy (non-hydrogen) atoms. The van der Waals surface area contributed by atoms with Gasteiger partial charge in [-0.15, -0.1) is 0 Å². The zero-order valence-electron chi connectivity index (χ0n) is 26.0. The number of fused-ring (bicyclic) bond motifs is 4. The van der Waals surface area contributed by atoms with Gasteiger partial charge in [0, 0.05) is 16.2 Å². The predicted molar refractivity (Wildman–Crippen MR) is 197 cm³/mol. The topological polar surface area (TPSA) is 33.5 Å². The Morgan fingerprint density at radius 2 is 1.21 bits per heavy atom. The highest BCUT2D eigenvalue weighted by molar-refractivity contribution is 7.00. The first-order valence-electron chi connectivity index (χ1n) is 16.4. The third-order valence-corrected chi connectivity index (χ3v) is 10.4. The van der Waals surface area contributed by atoms with Gasteiger partial charge in [-0.05, 0) is 44.7 Å². The summed E-state index contributed by atoms with van der Waals surface area (Å²) in [5.74, 6) is 0.558. The number of carbonyl (C=O) groups is 1. The Bertz CT molecular complexity index is 2500. The number of benzene rings is 7. The Kier molecular flexibility index (Phi) is 5.74. The molecule has 0 unspecified atom stereocenters. The molecule has 3 nitrogen and oxygen atoms in total. The highest BCUT2D eigenvalue weighted by atomic mass is 16.4. The lowest BCUT2D eigenvalue weighted by Crippen LogP contribution is -2.62. The van der Waals surface area contributed by atoms with Crippen LogP contribution in [0.15, 0.2) is 174 Å². The lowest BCUT2D eigenvalue weighted by Gasteiger charge is -2.46. The number of hydrogen-bond donors (Lipinski definition) is 0. The Hall–Kier alpha value is -6.13. The lowest BCUT2D eigenvalue weighted by atomic mass is 9.34. The first-order chi connectivity index (χ1) is 23.8. The summed E-state index contributed by atoms with van der Waals surface area (Å²) in [6.45, 7) is -0.169. The molecule has 10 rings (SSSR count). The summed E-state index contributed by atoms with van der Waals surface area (Å²) >= 11 is 0. The van der Waals surface area contributed by atoms with Crippen molar-refractivity contribution in [3.05, 3.63) is 187 Å². The van der Waals surface area contributed by atoms with E-state index in [2.05, 4.69) is 121 Å². The minimum atomic E-state index is -1.10. The van der Waals surface area contributed by atoms with Crippen molar-refractivity contribution in [2.24, 2.45) is 0 Å². The van der Waals surface area contributed by atoms with Gasteiger partial charge in [0.15, 0.2) is 0 Å². The first kappa shape index (κ1) is 27.0. The van der Waals surface area contributed by atoms with Gasteiger partial charge in [0.2, 0.25) is 5.88 Å². The molecule has 4 heteroatoms. The monoisotopic (exact) mass is 613 g/mol. The molecule has 0 saturated heterocycles. The van der Waals surface area contributed by atoms with Crippen molar-refractivity contribution in [1.82, 2.24) is 0 Å².